The minimum Gasteiger partial charge on any atom is -0.305 e. The van der Waals surface area contributed by atoms with E-state index >= 15 is 0 Å². The molecule has 6 nitrogen and oxygen atoms in total. The van der Waals surface area contributed by atoms with Crippen molar-refractivity contribution in [1.29, 1.82) is 0 Å². The molecular weight excluding hydrogens is 422 g/mol. The zero-order chi connectivity index (χ0) is 22.9. The van der Waals surface area contributed by atoms with Gasteiger partial charge in [-0.2, -0.15) is 0 Å². The fourth-order valence-electron chi connectivity index (χ4n) is 3.13. The van der Waals surface area contributed by atoms with Crippen molar-refractivity contribution in [3.8, 4) is 0 Å². The van der Waals surface area contributed by atoms with Crippen molar-refractivity contribution in [3.05, 3.63) is 35.9 Å². The normalized spacial score (nSPS) is 13.4. The van der Waals surface area contributed by atoms with E-state index < -0.39 is 20.6 Å². The summed E-state index contributed by atoms with van der Waals surface area (Å²) in [6.45, 7) is 14.3. The number of benzene rings is 1. The van der Waals surface area contributed by atoms with Crippen LogP contribution in [0.25, 0.3) is 0 Å². The molecule has 8 heteroatoms. The predicted molar refractivity (Wildman–Crippen MR) is 123 cm³/mol. The van der Waals surface area contributed by atoms with Crippen LogP contribution in [0.1, 0.15) is 73.8 Å². The van der Waals surface area contributed by atoms with E-state index in [0.717, 1.165) is 12.0 Å². The number of rotatable bonds is 14. The summed E-state index contributed by atoms with van der Waals surface area (Å²) in [5.41, 5.74) is 1.16. The molecule has 1 aromatic carbocycles. The molecular formula is C22H40O6P2. The van der Waals surface area contributed by atoms with Crippen molar-refractivity contribution in [3.63, 3.8) is 0 Å². The van der Waals surface area contributed by atoms with Gasteiger partial charge in [0.25, 0.3) is 0 Å². The lowest BCUT2D eigenvalue weighted by Crippen LogP contribution is -2.23. The molecule has 1 rings (SSSR count). The lowest BCUT2D eigenvalue weighted by atomic mass is 10.1. The molecule has 0 N–H and O–H groups in total. The molecule has 0 atom stereocenters. The van der Waals surface area contributed by atoms with Crippen molar-refractivity contribution in [2.45, 2.75) is 104 Å². The first kappa shape index (κ1) is 27.6. The van der Waals surface area contributed by atoms with Crippen LogP contribution in [0.15, 0.2) is 30.3 Å². The maximum atomic E-state index is 14.0. The van der Waals surface area contributed by atoms with E-state index in [1.807, 2.05) is 30.3 Å². The van der Waals surface area contributed by atoms with Crippen LogP contribution in [0, 0.1) is 0 Å². The average molecular weight is 463 g/mol. The summed E-state index contributed by atoms with van der Waals surface area (Å²) in [5.74, 6) is 0. The van der Waals surface area contributed by atoms with Gasteiger partial charge in [-0.3, -0.25) is 9.13 Å². The van der Waals surface area contributed by atoms with Crippen molar-refractivity contribution in [1.82, 2.24) is 0 Å². The molecule has 0 aliphatic heterocycles. The summed E-state index contributed by atoms with van der Waals surface area (Å²) in [7, 11) is -7.62. The largest absolute Gasteiger partial charge is 0.346 e. The summed E-state index contributed by atoms with van der Waals surface area (Å²) < 4.78 is 51.3. The molecule has 0 bridgehead atoms. The van der Waals surface area contributed by atoms with Crippen LogP contribution < -0.4 is 0 Å². The fraction of sp³-hybridized carbons (Fsp3) is 0.727. The lowest BCUT2D eigenvalue weighted by Gasteiger charge is -2.35. The second-order valence-corrected chi connectivity index (χ2v) is 13.2. The molecule has 174 valence electrons. The maximum Gasteiger partial charge on any atom is 0.346 e. The Balaban J connectivity index is 3.31. The second-order valence-electron chi connectivity index (χ2n) is 8.55. The molecule has 0 unspecified atom stereocenters. The fourth-order valence-corrected chi connectivity index (χ4v) is 9.18. The van der Waals surface area contributed by atoms with Crippen LogP contribution in [-0.4, -0.2) is 29.8 Å². The highest BCUT2D eigenvalue weighted by molar-refractivity contribution is 7.72. The molecule has 0 radical (unpaired) electrons. The SMILES string of the molecule is CC(C)OP(=O)(OC(C)C)C(CCCc1ccccc1)P(=O)(OC(C)C)OC(C)C. The highest BCUT2D eigenvalue weighted by Gasteiger charge is 2.52. The Morgan fingerprint density at radius 1 is 0.667 bits per heavy atom. The summed E-state index contributed by atoms with van der Waals surface area (Å²) in [4.78, 5) is 0. The van der Waals surface area contributed by atoms with Crippen LogP contribution in [0.5, 0.6) is 0 Å². The third kappa shape index (κ3) is 9.34. The first-order valence-electron chi connectivity index (χ1n) is 10.8. The molecule has 0 fully saturated rings. The minimum absolute atomic E-state index is 0.336. The van der Waals surface area contributed by atoms with E-state index in [9.17, 15) is 9.13 Å². The average Bonchev–Trinajstić information content (AvgIpc) is 2.56. The van der Waals surface area contributed by atoms with Crippen molar-refractivity contribution in [2.75, 3.05) is 0 Å². The quantitative estimate of drug-likeness (QED) is 0.268. The Bertz CT molecular complexity index is 637. The molecule has 0 saturated heterocycles. The minimum atomic E-state index is -3.81. The van der Waals surface area contributed by atoms with Gasteiger partial charge in [-0.05, 0) is 80.2 Å². The second kappa shape index (κ2) is 12.5. The van der Waals surface area contributed by atoms with E-state index in [-0.39, 0.29) is 24.4 Å². The molecule has 30 heavy (non-hydrogen) atoms. The summed E-state index contributed by atoms with van der Waals surface area (Å²) in [6.07, 6.45) is 0.284. The van der Waals surface area contributed by atoms with Gasteiger partial charge in [0.05, 0.1) is 24.4 Å². The number of hydrogen-bond acceptors (Lipinski definition) is 6. The zero-order valence-electron chi connectivity index (χ0n) is 19.7. The third-order valence-corrected chi connectivity index (χ3v) is 10.5. The van der Waals surface area contributed by atoms with E-state index in [0.29, 0.717) is 12.8 Å². The van der Waals surface area contributed by atoms with E-state index in [1.54, 1.807) is 55.4 Å². The molecule has 0 spiro atoms. The van der Waals surface area contributed by atoms with Crippen LogP contribution in [-0.2, 0) is 33.6 Å². The molecule has 0 amide bonds. The van der Waals surface area contributed by atoms with Gasteiger partial charge < -0.3 is 18.1 Å². The molecule has 0 aliphatic rings. The number of hydrogen-bond donors (Lipinski definition) is 0. The van der Waals surface area contributed by atoms with Crippen LogP contribution in [0.4, 0.5) is 0 Å². The van der Waals surface area contributed by atoms with Crippen LogP contribution in [0.2, 0.25) is 0 Å². The smallest absolute Gasteiger partial charge is 0.305 e. The van der Waals surface area contributed by atoms with E-state index in [1.165, 1.54) is 0 Å². The molecule has 0 aliphatic carbocycles. The molecule has 1 aromatic rings. The van der Waals surface area contributed by atoms with Crippen molar-refractivity contribution >= 4 is 15.2 Å². The first-order chi connectivity index (χ1) is 13.9. The Hall–Kier alpha value is -0.480. The van der Waals surface area contributed by atoms with E-state index in [4.69, 9.17) is 18.1 Å². The van der Waals surface area contributed by atoms with Gasteiger partial charge in [0.1, 0.15) is 0 Å². The van der Waals surface area contributed by atoms with Crippen molar-refractivity contribution < 1.29 is 27.2 Å². The van der Waals surface area contributed by atoms with E-state index in [2.05, 4.69) is 0 Å². The third-order valence-electron chi connectivity index (χ3n) is 3.93. The van der Waals surface area contributed by atoms with Gasteiger partial charge in [-0.15, -0.1) is 0 Å². The van der Waals surface area contributed by atoms with Crippen molar-refractivity contribution in [2.24, 2.45) is 0 Å². The van der Waals surface area contributed by atoms with Gasteiger partial charge in [0.2, 0.25) is 0 Å². The maximum absolute atomic E-state index is 14.0. The Kier molecular flexibility index (Phi) is 11.5. The highest BCUT2D eigenvalue weighted by atomic mass is 31.2. The highest BCUT2D eigenvalue weighted by Crippen LogP contribution is 2.73. The summed E-state index contributed by atoms with van der Waals surface area (Å²) in [5, 5.41) is -0.997. The monoisotopic (exact) mass is 462 g/mol. The molecule has 0 aromatic heterocycles. The van der Waals surface area contributed by atoms with Gasteiger partial charge in [0, 0.05) is 0 Å². The lowest BCUT2D eigenvalue weighted by molar-refractivity contribution is 0.121. The van der Waals surface area contributed by atoms with Gasteiger partial charge in [0.15, 0.2) is 5.40 Å². The standard InChI is InChI=1S/C22H40O6P2/c1-17(2)25-29(23,26-18(3)4)22(16-12-15-21-13-10-9-11-14-21)30(24,27-19(5)6)28-20(7)8/h9-11,13-14,17-20,22H,12,15-16H2,1-8H3. The van der Waals surface area contributed by atoms with Gasteiger partial charge in [-0.25, -0.2) is 0 Å². The Labute approximate surface area is 183 Å². The predicted octanol–water partition coefficient (Wildman–Crippen LogP) is 7.42. The topological polar surface area (TPSA) is 71.1 Å². The summed E-state index contributed by atoms with van der Waals surface area (Å²) in [6, 6.07) is 10.0. The zero-order valence-corrected chi connectivity index (χ0v) is 21.5. The first-order valence-corrected chi connectivity index (χ1v) is 14.1. The summed E-state index contributed by atoms with van der Waals surface area (Å²) >= 11 is 0. The molecule has 0 saturated carbocycles. The number of aryl methyl sites for hydroxylation is 1. The molecule has 0 heterocycles. The van der Waals surface area contributed by atoms with Crippen LogP contribution >= 0.6 is 15.2 Å². The van der Waals surface area contributed by atoms with Gasteiger partial charge in [-0.1, -0.05) is 30.3 Å². The Morgan fingerprint density at radius 3 is 1.37 bits per heavy atom. The Morgan fingerprint density at radius 2 is 1.03 bits per heavy atom. The van der Waals surface area contributed by atoms with Crippen LogP contribution in [0.3, 0.4) is 0 Å². The van der Waals surface area contributed by atoms with Gasteiger partial charge >= 0.3 is 15.2 Å².